The van der Waals surface area contributed by atoms with Gasteiger partial charge in [0, 0.05) is 5.92 Å². The lowest BCUT2D eigenvalue weighted by atomic mass is 9.65. The third-order valence-electron chi connectivity index (χ3n) is 5.97. The van der Waals surface area contributed by atoms with Gasteiger partial charge in [0.2, 0.25) is 0 Å². The molecular weight excluding hydrogens is 376 g/mol. The van der Waals surface area contributed by atoms with E-state index < -0.39 is 17.4 Å². The second kappa shape index (κ2) is 8.15. The Morgan fingerprint density at radius 3 is 2.27 bits per heavy atom. The lowest BCUT2D eigenvalue weighted by molar-refractivity contribution is -0.170. The number of fused-ring (bicyclic) bond motifs is 3. The lowest BCUT2D eigenvalue weighted by Crippen LogP contribution is -2.46. The number of esters is 2. The van der Waals surface area contributed by atoms with E-state index >= 15 is 0 Å². The number of benzene rings is 3. The van der Waals surface area contributed by atoms with Crippen LogP contribution in [0.4, 0.5) is 0 Å². The van der Waals surface area contributed by atoms with Gasteiger partial charge in [-0.25, -0.2) is 0 Å². The van der Waals surface area contributed by atoms with E-state index in [9.17, 15) is 9.59 Å². The van der Waals surface area contributed by atoms with E-state index in [-0.39, 0.29) is 12.3 Å². The van der Waals surface area contributed by atoms with Gasteiger partial charge in [0.05, 0.1) is 14.2 Å². The summed E-state index contributed by atoms with van der Waals surface area (Å²) in [7, 11) is 2.63. The molecular formula is C26H24O4. The maximum Gasteiger partial charge on any atom is 0.323 e. The number of rotatable bonds is 4. The van der Waals surface area contributed by atoms with Crippen LogP contribution in [0.2, 0.25) is 0 Å². The van der Waals surface area contributed by atoms with Crippen molar-refractivity contribution in [3.8, 4) is 0 Å². The summed E-state index contributed by atoms with van der Waals surface area (Å²) in [4.78, 5) is 25.7. The van der Waals surface area contributed by atoms with Crippen LogP contribution in [0.3, 0.4) is 0 Å². The molecule has 0 saturated carbocycles. The van der Waals surface area contributed by atoms with Crippen molar-refractivity contribution in [3.63, 3.8) is 0 Å². The Balaban J connectivity index is 1.89. The number of allylic oxidation sites excluding steroid dienone is 1. The van der Waals surface area contributed by atoms with Gasteiger partial charge in [-0.1, -0.05) is 78.9 Å². The summed E-state index contributed by atoms with van der Waals surface area (Å²) in [6.45, 7) is 0. The molecule has 3 aromatic carbocycles. The molecule has 30 heavy (non-hydrogen) atoms. The molecule has 152 valence electrons. The predicted octanol–water partition coefficient (Wildman–Crippen LogP) is 4.92. The van der Waals surface area contributed by atoms with Crippen molar-refractivity contribution >= 4 is 28.8 Å². The quantitative estimate of drug-likeness (QED) is 0.461. The number of hydrogen-bond acceptors (Lipinski definition) is 4. The van der Waals surface area contributed by atoms with E-state index in [4.69, 9.17) is 9.47 Å². The zero-order chi connectivity index (χ0) is 21.1. The Kier molecular flexibility index (Phi) is 5.40. The molecule has 0 N–H and O–H groups in total. The molecule has 0 fully saturated rings. The molecule has 1 unspecified atom stereocenters. The van der Waals surface area contributed by atoms with Gasteiger partial charge in [-0.05, 0) is 40.3 Å². The maximum atomic E-state index is 12.8. The average Bonchev–Trinajstić information content (AvgIpc) is 2.81. The number of carbonyl (C=O) groups excluding carboxylic acids is 2. The molecule has 4 nitrogen and oxygen atoms in total. The molecule has 0 bridgehead atoms. The minimum Gasteiger partial charge on any atom is -0.468 e. The summed E-state index contributed by atoms with van der Waals surface area (Å²) in [5, 5.41) is 2.28. The van der Waals surface area contributed by atoms with Crippen LogP contribution in [0, 0.1) is 5.41 Å². The first-order valence-corrected chi connectivity index (χ1v) is 9.99. The monoisotopic (exact) mass is 400 g/mol. The summed E-state index contributed by atoms with van der Waals surface area (Å²) in [5.74, 6) is -1.24. The highest BCUT2D eigenvalue weighted by molar-refractivity contribution is 6.01. The highest BCUT2D eigenvalue weighted by Gasteiger charge is 2.52. The number of hydrogen-bond donors (Lipinski definition) is 0. The highest BCUT2D eigenvalue weighted by atomic mass is 16.5. The molecule has 1 aliphatic carbocycles. The SMILES string of the molecule is COC(=O)C1(C(=O)OC)Cc2ccc3ccccc3c2C(/C=C/c2ccccc2)C1. The third kappa shape index (κ3) is 3.39. The van der Waals surface area contributed by atoms with Crippen molar-refractivity contribution in [2.24, 2.45) is 5.41 Å². The minimum atomic E-state index is -1.36. The molecule has 0 radical (unpaired) electrons. The van der Waals surface area contributed by atoms with E-state index in [0.717, 1.165) is 27.5 Å². The van der Waals surface area contributed by atoms with Crippen LogP contribution in [0.25, 0.3) is 16.8 Å². The van der Waals surface area contributed by atoms with E-state index in [1.807, 2.05) is 60.7 Å². The van der Waals surface area contributed by atoms with Gasteiger partial charge in [-0.2, -0.15) is 0 Å². The molecule has 1 aliphatic rings. The van der Waals surface area contributed by atoms with E-state index in [0.29, 0.717) is 6.42 Å². The molecule has 0 aliphatic heterocycles. The Hall–Kier alpha value is -3.40. The first-order valence-electron chi connectivity index (χ1n) is 9.99. The summed E-state index contributed by atoms with van der Waals surface area (Å²) < 4.78 is 10.1. The van der Waals surface area contributed by atoms with Gasteiger partial charge < -0.3 is 9.47 Å². The fraction of sp³-hybridized carbons (Fsp3) is 0.231. The minimum absolute atomic E-state index is 0.141. The fourth-order valence-corrected chi connectivity index (χ4v) is 4.55. The summed E-state index contributed by atoms with van der Waals surface area (Å²) >= 11 is 0. The van der Waals surface area contributed by atoms with Crippen LogP contribution in [-0.2, 0) is 25.5 Å². The molecule has 0 heterocycles. The van der Waals surface area contributed by atoms with Crippen LogP contribution in [-0.4, -0.2) is 26.2 Å². The van der Waals surface area contributed by atoms with Crippen molar-refractivity contribution in [2.75, 3.05) is 14.2 Å². The number of ether oxygens (including phenoxy) is 2. The molecule has 4 heteroatoms. The standard InChI is InChI=1S/C26H24O4/c1-29-24(27)26(25(28)30-2)16-20(13-12-18-8-4-3-5-9-18)23-21(17-26)15-14-19-10-6-7-11-22(19)23/h3-15,20H,16-17H2,1-2H3/b13-12+. The second-order valence-electron chi connectivity index (χ2n) is 7.68. The smallest absolute Gasteiger partial charge is 0.323 e. The lowest BCUT2D eigenvalue weighted by Gasteiger charge is -2.37. The summed E-state index contributed by atoms with van der Waals surface area (Å²) in [6, 6.07) is 22.2. The van der Waals surface area contributed by atoms with Crippen LogP contribution in [0.5, 0.6) is 0 Å². The van der Waals surface area contributed by atoms with Crippen molar-refractivity contribution in [1.82, 2.24) is 0 Å². The summed E-state index contributed by atoms with van der Waals surface area (Å²) in [5.41, 5.74) is 1.83. The van der Waals surface area contributed by atoms with Crippen molar-refractivity contribution in [3.05, 3.63) is 89.5 Å². The Labute approximate surface area is 176 Å². The molecule has 4 rings (SSSR count). The average molecular weight is 400 g/mol. The molecule has 0 aromatic heterocycles. The molecule has 3 aromatic rings. The predicted molar refractivity (Wildman–Crippen MR) is 117 cm³/mol. The first-order chi connectivity index (χ1) is 14.6. The third-order valence-corrected chi connectivity index (χ3v) is 5.97. The largest absolute Gasteiger partial charge is 0.468 e. The first kappa shape index (κ1) is 19.9. The van der Waals surface area contributed by atoms with E-state index in [2.05, 4.69) is 18.2 Å². The van der Waals surface area contributed by atoms with Crippen LogP contribution in [0.15, 0.2) is 72.8 Å². The topological polar surface area (TPSA) is 52.6 Å². The van der Waals surface area contributed by atoms with Crippen molar-refractivity contribution in [1.29, 1.82) is 0 Å². The van der Waals surface area contributed by atoms with Crippen LogP contribution in [0.1, 0.15) is 29.0 Å². The Morgan fingerprint density at radius 1 is 0.900 bits per heavy atom. The van der Waals surface area contributed by atoms with Crippen molar-refractivity contribution < 1.29 is 19.1 Å². The Bertz CT molecular complexity index is 1100. The molecule has 0 amide bonds. The normalized spacial score (nSPS) is 17.5. The van der Waals surface area contributed by atoms with Crippen LogP contribution >= 0.6 is 0 Å². The van der Waals surface area contributed by atoms with E-state index in [1.54, 1.807) is 0 Å². The number of carbonyl (C=O) groups is 2. The maximum absolute atomic E-state index is 12.8. The molecule has 1 atom stereocenters. The van der Waals surface area contributed by atoms with Gasteiger partial charge in [-0.3, -0.25) is 9.59 Å². The Morgan fingerprint density at radius 2 is 1.57 bits per heavy atom. The highest BCUT2D eigenvalue weighted by Crippen LogP contribution is 2.47. The van der Waals surface area contributed by atoms with E-state index in [1.165, 1.54) is 14.2 Å². The van der Waals surface area contributed by atoms with Crippen molar-refractivity contribution in [2.45, 2.75) is 18.8 Å². The number of methoxy groups -OCH3 is 2. The zero-order valence-corrected chi connectivity index (χ0v) is 17.1. The van der Waals surface area contributed by atoms with Gasteiger partial charge >= 0.3 is 11.9 Å². The van der Waals surface area contributed by atoms with Gasteiger partial charge in [0.1, 0.15) is 0 Å². The summed E-state index contributed by atoms with van der Waals surface area (Å²) in [6.07, 6.45) is 4.69. The zero-order valence-electron chi connectivity index (χ0n) is 17.1. The van der Waals surface area contributed by atoms with Crippen LogP contribution < -0.4 is 0 Å². The van der Waals surface area contributed by atoms with Gasteiger partial charge in [0.25, 0.3) is 0 Å². The van der Waals surface area contributed by atoms with Gasteiger partial charge in [-0.15, -0.1) is 0 Å². The fourth-order valence-electron chi connectivity index (χ4n) is 4.55. The molecule has 0 spiro atoms. The van der Waals surface area contributed by atoms with Gasteiger partial charge in [0.15, 0.2) is 5.41 Å². The molecule has 0 saturated heterocycles. The second-order valence-corrected chi connectivity index (χ2v) is 7.68.